The summed E-state index contributed by atoms with van der Waals surface area (Å²) in [5.41, 5.74) is -1.01. The largest absolute Gasteiger partial charge is 0.390 e. The lowest BCUT2D eigenvalue weighted by Crippen LogP contribution is -2.58. The molecule has 4 N–H and O–H groups in total. The Morgan fingerprint density at radius 2 is 1.61 bits per heavy atom. The molecule has 6 unspecified atom stereocenters. The Morgan fingerprint density at radius 3 is 2.21 bits per heavy atom. The molecule has 0 amide bonds. The Morgan fingerprint density at radius 1 is 0.947 bits per heavy atom. The highest BCUT2D eigenvalue weighted by Crippen LogP contribution is 2.49. The topological polar surface area (TPSA) is 99.4 Å². The van der Waals surface area contributed by atoms with Gasteiger partial charge in [0.15, 0.2) is 5.79 Å². The van der Waals surface area contributed by atoms with Crippen molar-refractivity contribution in [1.82, 2.24) is 0 Å². The number of rotatable bonds is 15. The summed E-state index contributed by atoms with van der Waals surface area (Å²) in [5, 5.41) is 45.8. The van der Waals surface area contributed by atoms with Gasteiger partial charge in [-0.05, 0) is 93.3 Å². The minimum Gasteiger partial charge on any atom is -0.390 e. The van der Waals surface area contributed by atoms with Crippen molar-refractivity contribution in [2.45, 2.75) is 137 Å². The van der Waals surface area contributed by atoms with Gasteiger partial charge >= 0.3 is 0 Å². The van der Waals surface area contributed by atoms with Gasteiger partial charge in [0.05, 0.1) is 31.0 Å². The molecule has 0 heterocycles. The molecular formula is C32H62O6. The van der Waals surface area contributed by atoms with E-state index in [1.54, 1.807) is 6.92 Å². The minimum atomic E-state index is -1.13. The van der Waals surface area contributed by atoms with Crippen LogP contribution in [0.3, 0.4) is 0 Å². The van der Waals surface area contributed by atoms with E-state index in [1.807, 2.05) is 20.8 Å². The number of aliphatic hydroxyl groups is 4. The third kappa shape index (κ3) is 8.39. The second-order valence-electron chi connectivity index (χ2n) is 13.5. The van der Waals surface area contributed by atoms with Gasteiger partial charge in [-0.3, -0.25) is 0 Å². The van der Waals surface area contributed by atoms with Crippen LogP contribution in [-0.4, -0.2) is 63.8 Å². The van der Waals surface area contributed by atoms with Gasteiger partial charge in [0, 0.05) is 13.0 Å². The summed E-state index contributed by atoms with van der Waals surface area (Å²) in [7, 11) is 0. The van der Waals surface area contributed by atoms with E-state index in [9.17, 15) is 20.4 Å². The van der Waals surface area contributed by atoms with Crippen LogP contribution in [0.5, 0.6) is 0 Å². The van der Waals surface area contributed by atoms with Gasteiger partial charge in [0.25, 0.3) is 0 Å². The third-order valence-electron chi connectivity index (χ3n) is 10.4. The Balaban J connectivity index is 2.19. The fourth-order valence-electron chi connectivity index (χ4n) is 8.05. The monoisotopic (exact) mass is 542 g/mol. The summed E-state index contributed by atoms with van der Waals surface area (Å²) in [6.45, 7) is 17.8. The van der Waals surface area contributed by atoms with E-state index in [2.05, 4.69) is 27.7 Å². The average molecular weight is 543 g/mol. The maximum absolute atomic E-state index is 12.1. The summed E-state index contributed by atoms with van der Waals surface area (Å²) in [4.78, 5) is 0. The highest BCUT2D eigenvalue weighted by Gasteiger charge is 2.52. The molecule has 12 atom stereocenters. The van der Waals surface area contributed by atoms with Gasteiger partial charge in [-0.15, -0.1) is 0 Å². The van der Waals surface area contributed by atoms with Gasteiger partial charge in [0.2, 0.25) is 0 Å². The lowest BCUT2D eigenvalue weighted by atomic mass is 9.58. The second-order valence-corrected chi connectivity index (χ2v) is 13.5. The quantitative estimate of drug-likeness (QED) is 0.196. The van der Waals surface area contributed by atoms with Crippen LogP contribution in [0, 0.1) is 47.3 Å². The van der Waals surface area contributed by atoms with Crippen molar-refractivity contribution in [3.8, 4) is 0 Å². The molecule has 0 aromatic rings. The first-order chi connectivity index (χ1) is 17.8. The number of hydrogen-bond donors (Lipinski definition) is 4. The molecule has 0 radical (unpaired) electrons. The predicted molar refractivity (Wildman–Crippen MR) is 154 cm³/mol. The Bertz CT molecular complexity index is 670. The zero-order valence-electron chi connectivity index (χ0n) is 25.9. The lowest BCUT2D eigenvalue weighted by Gasteiger charge is -2.52. The predicted octanol–water partition coefficient (Wildman–Crippen LogP) is 5.79. The molecular weight excluding hydrogens is 480 g/mol. The minimum absolute atomic E-state index is 0.112. The zero-order chi connectivity index (χ0) is 28.7. The van der Waals surface area contributed by atoms with Crippen molar-refractivity contribution < 1.29 is 29.9 Å². The SMILES string of the molecule is CCCC1[C@H](C)CC[C@@H](C(C)C(O)C(O)C(C)[C@@H]2CC[C@@H](C)CC2CO[C@](C)(O)CCC)[C@@]1(O)COCC. The summed E-state index contributed by atoms with van der Waals surface area (Å²) >= 11 is 0. The second kappa shape index (κ2) is 15.1. The van der Waals surface area contributed by atoms with Crippen LogP contribution in [0.25, 0.3) is 0 Å². The van der Waals surface area contributed by atoms with Gasteiger partial charge in [0.1, 0.15) is 0 Å². The highest BCUT2D eigenvalue weighted by atomic mass is 16.6. The molecule has 0 bridgehead atoms. The van der Waals surface area contributed by atoms with E-state index in [0.29, 0.717) is 31.5 Å². The molecule has 2 aliphatic rings. The highest BCUT2D eigenvalue weighted by molar-refractivity contribution is 5.02. The summed E-state index contributed by atoms with van der Waals surface area (Å²) in [5.74, 6) is -0.0834. The van der Waals surface area contributed by atoms with Gasteiger partial charge in [-0.1, -0.05) is 60.8 Å². The summed E-state index contributed by atoms with van der Waals surface area (Å²) in [6.07, 6.45) is 6.50. The van der Waals surface area contributed by atoms with Crippen molar-refractivity contribution in [2.24, 2.45) is 47.3 Å². The molecule has 0 aliphatic heterocycles. The molecule has 0 aromatic carbocycles. The molecule has 2 aliphatic carbocycles. The van der Waals surface area contributed by atoms with Crippen LogP contribution in [0.15, 0.2) is 0 Å². The molecule has 0 aromatic heterocycles. The first-order valence-electron chi connectivity index (χ1n) is 15.8. The van der Waals surface area contributed by atoms with Crippen LogP contribution in [-0.2, 0) is 9.47 Å². The smallest absolute Gasteiger partial charge is 0.162 e. The average Bonchev–Trinajstić information content (AvgIpc) is 2.87. The van der Waals surface area contributed by atoms with E-state index >= 15 is 0 Å². The third-order valence-corrected chi connectivity index (χ3v) is 10.4. The van der Waals surface area contributed by atoms with Crippen molar-refractivity contribution >= 4 is 0 Å². The normalized spacial score (nSPS) is 37.3. The molecule has 6 heteroatoms. The molecule has 6 nitrogen and oxygen atoms in total. The van der Waals surface area contributed by atoms with E-state index in [1.165, 1.54) is 0 Å². The van der Waals surface area contributed by atoms with Crippen LogP contribution in [0.1, 0.15) is 113 Å². The fourth-order valence-corrected chi connectivity index (χ4v) is 8.05. The maximum atomic E-state index is 12.1. The molecule has 226 valence electrons. The van der Waals surface area contributed by atoms with Crippen LogP contribution < -0.4 is 0 Å². The lowest BCUT2D eigenvalue weighted by molar-refractivity contribution is -0.209. The van der Waals surface area contributed by atoms with Crippen molar-refractivity contribution in [3.63, 3.8) is 0 Å². The fraction of sp³-hybridized carbons (Fsp3) is 1.00. The zero-order valence-corrected chi connectivity index (χ0v) is 25.9. The van der Waals surface area contributed by atoms with E-state index in [4.69, 9.17) is 9.47 Å². The standard InChI is InChI=1S/C32H62O6/c1-9-12-27-22(5)14-16-28(32(27,36)20-37-11-3)24(7)30(34)29(33)23(6)26-15-13-21(4)18-25(26)19-38-31(8,35)17-10-2/h21-30,33-36H,9-20H2,1-8H3/t21-,22-,23?,24?,25?,26+,27?,28+,29?,30?,31+,32-/m1/s1. The van der Waals surface area contributed by atoms with Gasteiger partial charge in [-0.25, -0.2) is 0 Å². The maximum Gasteiger partial charge on any atom is 0.162 e. The van der Waals surface area contributed by atoms with Crippen LogP contribution in [0.4, 0.5) is 0 Å². The molecule has 0 spiro atoms. The molecule has 0 saturated heterocycles. The first-order valence-corrected chi connectivity index (χ1v) is 15.8. The number of hydrogen-bond acceptors (Lipinski definition) is 6. The molecule has 2 rings (SSSR count). The van der Waals surface area contributed by atoms with E-state index < -0.39 is 23.6 Å². The molecule has 2 saturated carbocycles. The Labute approximate surface area is 233 Å². The Kier molecular flexibility index (Phi) is 13.5. The Hall–Kier alpha value is -0.240. The molecule has 38 heavy (non-hydrogen) atoms. The molecule has 2 fully saturated rings. The van der Waals surface area contributed by atoms with Crippen molar-refractivity contribution in [1.29, 1.82) is 0 Å². The van der Waals surface area contributed by atoms with Gasteiger partial charge in [-0.2, -0.15) is 0 Å². The van der Waals surface area contributed by atoms with Crippen LogP contribution in [0.2, 0.25) is 0 Å². The number of aliphatic hydroxyl groups excluding tert-OH is 2. The van der Waals surface area contributed by atoms with Crippen molar-refractivity contribution in [3.05, 3.63) is 0 Å². The van der Waals surface area contributed by atoms with Crippen LogP contribution >= 0.6 is 0 Å². The van der Waals surface area contributed by atoms with Gasteiger partial charge < -0.3 is 29.9 Å². The summed E-state index contributed by atoms with van der Waals surface area (Å²) < 4.78 is 11.8. The van der Waals surface area contributed by atoms with E-state index in [0.717, 1.165) is 51.4 Å². The van der Waals surface area contributed by atoms with Crippen molar-refractivity contribution in [2.75, 3.05) is 19.8 Å². The number of ether oxygens (including phenoxy) is 2. The van der Waals surface area contributed by atoms with E-state index in [-0.39, 0.29) is 42.1 Å². The first kappa shape index (κ1) is 34.0. The summed E-state index contributed by atoms with van der Waals surface area (Å²) in [6, 6.07) is 0.